The molecule has 1 aliphatic heterocycles. The van der Waals surface area contributed by atoms with E-state index in [0.29, 0.717) is 43.3 Å². The van der Waals surface area contributed by atoms with E-state index < -0.39 is 11.7 Å². The molecule has 9 heteroatoms. The van der Waals surface area contributed by atoms with Gasteiger partial charge >= 0.3 is 6.03 Å². The fourth-order valence-electron chi connectivity index (χ4n) is 6.12. The molecule has 0 bridgehead atoms. The van der Waals surface area contributed by atoms with Gasteiger partial charge in [0.15, 0.2) is 0 Å². The Morgan fingerprint density at radius 1 is 1.19 bits per heavy atom. The fourth-order valence-corrected chi connectivity index (χ4v) is 6.30. The number of carbonyl (C=O) groups excluding carboxylic acids is 1. The van der Waals surface area contributed by atoms with Crippen LogP contribution in [0.5, 0.6) is 0 Å². The zero-order valence-electron chi connectivity index (χ0n) is 20.5. The SMILES string of the molecule is N#Cc1cccc([C@]23CC[C@@H](N(CCN4CCC(F)(F)CC4)C(=O)Nc4ccc(F)c(Cl)c4)CC2C3)c1. The Balaban J connectivity index is 1.29. The Morgan fingerprint density at radius 3 is 2.68 bits per heavy atom. The van der Waals surface area contributed by atoms with Crippen LogP contribution < -0.4 is 5.32 Å². The number of fused-ring (bicyclic) bond motifs is 1. The lowest BCUT2D eigenvalue weighted by Gasteiger charge is -2.39. The van der Waals surface area contributed by atoms with Crippen molar-refractivity contribution in [2.24, 2.45) is 5.92 Å². The highest BCUT2D eigenvalue weighted by Gasteiger charge is 2.58. The topological polar surface area (TPSA) is 59.4 Å². The van der Waals surface area contributed by atoms with Gasteiger partial charge in [-0.1, -0.05) is 23.7 Å². The van der Waals surface area contributed by atoms with Crippen molar-refractivity contribution in [3.63, 3.8) is 0 Å². The summed E-state index contributed by atoms with van der Waals surface area (Å²) in [5.41, 5.74) is 2.32. The average Bonchev–Trinajstić information content (AvgIpc) is 3.63. The normalized spacial score (nSPS) is 26.6. The number of carbonyl (C=O) groups is 1. The minimum absolute atomic E-state index is 0.00178. The number of hydrogen-bond acceptors (Lipinski definition) is 3. The first-order valence-electron chi connectivity index (χ1n) is 12.8. The molecular weight excluding hydrogens is 501 g/mol. The molecule has 2 aliphatic carbocycles. The lowest BCUT2D eigenvalue weighted by molar-refractivity contribution is -0.0560. The number of rotatable bonds is 6. The summed E-state index contributed by atoms with van der Waals surface area (Å²) in [6.45, 7) is 1.55. The van der Waals surface area contributed by atoms with Crippen LogP contribution in [-0.4, -0.2) is 54.0 Å². The molecule has 3 atom stereocenters. The molecule has 3 aliphatic rings. The molecule has 2 saturated carbocycles. The van der Waals surface area contributed by atoms with Gasteiger partial charge in [0.2, 0.25) is 0 Å². The monoisotopic (exact) mass is 530 g/mol. The van der Waals surface area contributed by atoms with Gasteiger partial charge in [0.1, 0.15) is 5.82 Å². The van der Waals surface area contributed by atoms with Crippen molar-refractivity contribution < 1.29 is 18.0 Å². The van der Waals surface area contributed by atoms with Gasteiger partial charge in [-0.3, -0.25) is 0 Å². The maximum atomic E-state index is 13.6. The second-order valence-electron chi connectivity index (χ2n) is 10.6. The van der Waals surface area contributed by atoms with Crippen molar-refractivity contribution in [3.05, 3.63) is 64.4 Å². The van der Waals surface area contributed by atoms with Crippen molar-refractivity contribution >= 4 is 23.3 Å². The molecule has 1 saturated heterocycles. The third-order valence-electron chi connectivity index (χ3n) is 8.40. The highest BCUT2D eigenvalue weighted by molar-refractivity contribution is 6.31. The van der Waals surface area contributed by atoms with Crippen LogP contribution in [0, 0.1) is 23.1 Å². The molecular formula is C28H30ClF3N4O. The number of anilines is 1. The molecule has 2 amide bonds. The number of alkyl halides is 2. The van der Waals surface area contributed by atoms with Crippen LogP contribution in [-0.2, 0) is 5.41 Å². The van der Waals surface area contributed by atoms with E-state index in [0.717, 1.165) is 25.7 Å². The molecule has 0 aromatic heterocycles. The number of nitrogens with one attached hydrogen (secondary N) is 1. The second kappa shape index (κ2) is 10.2. The summed E-state index contributed by atoms with van der Waals surface area (Å²) in [5, 5.41) is 12.1. The second-order valence-corrected chi connectivity index (χ2v) is 11.0. The van der Waals surface area contributed by atoms with Crippen LogP contribution in [0.1, 0.15) is 49.7 Å². The van der Waals surface area contributed by atoms with Crippen LogP contribution >= 0.6 is 11.6 Å². The quantitative estimate of drug-likeness (QED) is 0.468. The van der Waals surface area contributed by atoms with Gasteiger partial charge in [0, 0.05) is 50.7 Å². The zero-order chi connectivity index (χ0) is 26.2. The van der Waals surface area contributed by atoms with Gasteiger partial charge in [-0.2, -0.15) is 5.26 Å². The molecule has 196 valence electrons. The van der Waals surface area contributed by atoms with Crippen LogP contribution in [0.3, 0.4) is 0 Å². The van der Waals surface area contributed by atoms with Crippen LogP contribution in [0.4, 0.5) is 23.7 Å². The van der Waals surface area contributed by atoms with Gasteiger partial charge in [0.25, 0.3) is 5.92 Å². The molecule has 3 fully saturated rings. The first-order chi connectivity index (χ1) is 17.7. The number of amides is 2. The highest BCUT2D eigenvalue weighted by Crippen LogP contribution is 2.62. The number of nitriles is 1. The number of halogens is 4. The molecule has 2 aromatic rings. The Morgan fingerprint density at radius 2 is 1.97 bits per heavy atom. The van der Waals surface area contributed by atoms with E-state index in [4.69, 9.17) is 11.6 Å². The van der Waals surface area contributed by atoms with Crippen molar-refractivity contribution in [1.82, 2.24) is 9.80 Å². The first-order valence-corrected chi connectivity index (χ1v) is 13.2. The smallest absolute Gasteiger partial charge is 0.320 e. The Kier molecular flexibility index (Phi) is 7.12. The van der Waals surface area contributed by atoms with Crippen molar-refractivity contribution in [2.75, 3.05) is 31.5 Å². The summed E-state index contributed by atoms with van der Waals surface area (Å²) in [6, 6.07) is 13.8. The third-order valence-corrected chi connectivity index (χ3v) is 8.69. The van der Waals surface area contributed by atoms with Gasteiger partial charge < -0.3 is 15.1 Å². The van der Waals surface area contributed by atoms with Crippen molar-refractivity contribution in [1.29, 1.82) is 5.26 Å². The Labute approximate surface area is 220 Å². The molecule has 1 N–H and O–H groups in total. The minimum atomic E-state index is -2.61. The Hall–Kier alpha value is -2.76. The molecule has 0 spiro atoms. The maximum absolute atomic E-state index is 13.6. The lowest BCUT2D eigenvalue weighted by Crippen LogP contribution is -2.50. The minimum Gasteiger partial charge on any atom is -0.320 e. The van der Waals surface area contributed by atoms with Crippen LogP contribution in [0.15, 0.2) is 42.5 Å². The summed E-state index contributed by atoms with van der Waals surface area (Å²) >= 11 is 5.90. The highest BCUT2D eigenvalue weighted by atomic mass is 35.5. The number of urea groups is 1. The molecule has 5 rings (SSSR count). The van der Waals surface area contributed by atoms with Gasteiger partial charge in [-0.25, -0.2) is 18.0 Å². The lowest BCUT2D eigenvalue weighted by atomic mass is 9.80. The number of likely N-dealkylation sites (tertiary alicyclic amines) is 1. The van der Waals surface area contributed by atoms with Gasteiger partial charge in [0.05, 0.1) is 16.7 Å². The standard InChI is InChI=1S/C28H30ClF3N4O/c29-24-16-22(4-5-25(24)30)34-26(37)36(13-12-35-10-8-28(31,32)9-11-35)23-6-7-27(17-21(27)15-23)20-3-1-2-19(14-20)18-33/h1-5,14,16,21,23H,6-13,15,17H2,(H,34,37)/t21?,23-,27-/m1/s1. The van der Waals surface area contributed by atoms with E-state index in [2.05, 4.69) is 17.5 Å². The molecule has 0 radical (unpaired) electrons. The van der Waals surface area contributed by atoms with Crippen molar-refractivity contribution in [2.45, 2.75) is 55.9 Å². The largest absolute Gasteiger partial charge is 0.322 e. The Bertz CT molecular complexity index is 1210. The summed E-state index contributed by atoms with van der Waals surface area (Å²) in [5.74, 6) is -2.75. The van der Waals surface area contributed by atoms with E-state index in [1.54, 1.807) is 0 Å². The average molecular weight is 531 g/mol. The number of nitrogens with zero attached hydrogens (tertiary/aromatic N) is 3. The van der Waals surface area contributed by atoms with E-state index in [1.165, 1.54) is 23.8 Å². The summed E-state index contributed by atoms with van der Waals surface area (Å²) < 4.78 is 40.8. The number of piperidine rings is 1. The molecule has 5 nitrogen and oxygen atoms in total. The zero-order valence-corrected chi connectivity index (χ0v) is 21.3. The fraction of sp³-hybridized carbons (Fsp3) is 0.500. The predicted molar refractivity (Wildman–Crippen MR) is 136 cm³/mol. The van der Waals surface area contributed by atoms with E-state index in [1.807, 2.05) is 28.0 Å². The third kappa shape index (κ3) is 5.58. The maximum Gasteiger partial charge on any atom is 0.322 e. The van der Waals surface area contributed by atoms with Gasteiger partial charge in [-0.15, -0.1) is 0 Å². The summed E-state index contributed by atoms with van der Waals surface area (Å²) in [6.07, 6.45) is 3.27. The summed E-state index contributed by atoms with van der Waals surface area (Å²) in [4.78, 5) is 17.2. The molecule has 2 aromatic carbocycles. The molecule has 1 unspecified atom stereocenters. The molecule has 37 heavy (non-hydrogen) atoms. The number of benzene rings is 2. The molecule has 1 heterocycles. The van der Waals surface area contributed by atoms with E-state index >= 15 is 0 Å². The van der Waals surface area contributed by atoms with Crippen molar-refractivity contribution in [3.8, 4) is 6.07 Å². The van der Waals surface area contributed by atoms with Crippen LogP contribution in [0.25, 0.3) is 0 Å². The van der Waals surface area contributed by atoms with E-state index in [9.17, 15) is 23.2 Å². The predicted octanol–water partition coefficient (Wildman–Crippen LogP) is 6.43. The number of hydrogen-bond donors (Lipinski definition) is 1. The van der Waals surface area contributed by atoms with Crippen LogP contribution in [0.2, 0.25) is 5.02 Å². The first kappa shape index (κ1) is 25.9. The van der Waals surface area contributed by atoms with E-state index in [-0.39, 0.29) is 35.4 Å². The summed E-state index contributed by atoms with van der Waals surface area (Å²) in [7, 11) is 0. The van der Waals surface area contributed by atoms with Gasteiger partial charge in [-0.05, 0) is 72.9 Å².